The normalized spacial score (nSPS) is 10.8. The van der Waals surface area contributed by atoms with Crippen molar-refractivity contribution in [1.29, 1.82) is 0 Å². The summed E-state index contributed by atoms with van der Waals surface area (Å²) in [5, 5.41) is 18.2. The van der Waals surface area contributed by atoms with Crippen molar-refractivity contribution in [2.24, 2.45) is 0 Å². The molecule has 1 aromatic rings. The zero-order valence-electron chi connectivity index (χ0n) is 12.4. The minimum Gasteiger partial charge on any atom is -0.494 e. The van der Waals surface area contributed by atoms with Crippen LogP contribution in [0, 0.1) is 11.8 Å². The third kappa shape index (κ3) is 7.83. The summed E-state index contributed by atoms with van der Waals surface area (Å²) in [5.41, 5.74) is -0.105. The van der Waals surface area contributed by atoms with Crippen LogP contribution in [0.5, 0.6) is 5.75 Å². The first kappa shape index (κ1) is 16.6. The van der Waals surface area contributed by atoms with Gasteiger partial charge >= 0.3 is 0 Å². The van der Waals surface area contributed by atoms with Gasteiger partial charge in [0.25, 0.3) is 0 Å². The van der Waals surface area contributed by atoms with Crippen molar-refractivity contribution >= 4 is 0 Å². The van der Waals surface area contributed by atoms with E-state index < -0.39 is 5.60 Å². The molecule has 0 saturated heterocycles. The quantitative estimate of drug-likeness (QED) is 0.594. The fourth-order valence-corrected chi connectivity index (χ4v) is 1.62. The summed E-state index contributed by atoms with van der Waals surface area (Å²) < 4.78 is 5.63. The molecule has 0 radical (unpaired) electrons. The van der Waals surface area contributed by atoms with Crippen LogP contribution in [0.4, 0.5) is 0 Å². The predicted molar refractivity (Wildman–Crippen MR) is 80.7 cm³/mol. The molecular formula is C17H24O3. The number of aliphatic hydroxyl groups excluding tert-OH is 1. The van der Waals surface area contributed by atoms with Gasteiger partial charge in [-0.25, -0.2) is 0 Å². The van der Waals surface area contributed by atoms with Crippen LogP contribution < -0.4 is 4.74 Å². The molecule has 0 atom stereocenters. The monoisotopic (exact) mass is 276 g/mol. The number of rotatable bonds is 7. The molecule has 110 valence electrons. The third-order valence-corrected chi connectivity index (χ3v) is 2.69. The van der Waals surface area contributed by atoms with Crippen LogP contribution in [-0.4, -0.2) is 29.0 Å². The number of hydrogen-bond acceptors (Lipinski definition) is 3. The van der Waals surface area contributed by atoms with Crippen molar-refractivity contribution in [3.63, 3.8) is 0 Å². The molecule has 0 aliphatic rings. The van der Waals surface area contributed by atoms with E-state index in [4.69, 9.17) is 9.84 Å². The van der Waals surface area contributed by atoms with E-state index in [0.29, 0.717) is 6.61 Å². The Balaban J connectivity index is 2.33. The average Bonchev–Trinajstić information content (AvgIpc) is 2.41. The van der Waals surface area contributed by atoms with E-state index in [1.807, 2.05) is 24.3 Å². The number of unbranched alkanes of at least 4 members (excludes halogenated alkanes) is 3. The molecule has 0 spiro atoms. The predicted octanol–water partition coefficient (Wildman–Crippen LogP) is 2.74. The van der Waals surface area contributed by atoms with Gasteiger partial charge in [-0.3, -0.25) is 0 Å². The van der Waals surface area contributed by atoms with E-state index in [2.05, 4.69) is 11.8 Å². The molecule has 1 aromatic carbocycles. The van der Waals surface area contributed by atoms with Crippen molar-refractivity contribution in [3.05, 3.63) is 29.8 Å². The highest BCUT2D eigenvalue weighted by Gasteiger charge is 2.05. The second-order valence-electron chi connectivity index (χ2n) is 5.32. The lowest BCUT2D eigenvalue weighted by molar-refractivity contribution is 0.143. The maximum atomic E-state index is 9.52. The van der Waals surface area contributed by atoms with Gasteiger partial charge in [0.2, 0.25) is 0 Å². The molecule has 0 fully saturated rings. The fraction of sp³-hybridized carbons (Fsp3) is 0.529. The van der Waals surface area contributed by atoms with Crippen LogP contribution >= 0.6 is 0 Å². The second kappa shape index (κ2) is 8.63. The Labute approximate surface area is 121 Å². The van der Waals surface area contributed by atoms with Crippen LogP contribution in [0.1, 0.15) is 45.1 Å². The largest absolute Gasteiger partial charge is 0.494 e. The van der Waals surface area contributed by atoms with Crippen molar-refractivity contribution in [2.75, 3.05) is 13.2 Å². The highest BCUT2D eigenvalue weighted by atomic mass is 16.5. The number of hydrogen-bond donors (Lipinski definition) is 2. The van der Waals surface area contributed by atoms with Crippen LogP contribution in [0.3, 0.4) is 0 Å². The van der Waals surface area contributed by atoms with Crippen LogP contribution in [-0.2, 0) is 0 Å². The summed E-state index contributed by atoms with van der Waals surface area (Å²) in [4.78, 5) is 0. The standard InChI is InChI=1S/C17H24O3/c1-17(2,19)12-11-15-7-9-16(10-8-15)20-14-6-4-3-5-13-18/h7-10,18-19H,3-6,13-14H2,1-2H3. The Morgan fingerprint density at radius 1 is 1.05 bits per heavy atom. The van der Waals surface area contributed by atoms with Gasteiger partial charge in [-0.15, -0.1) is 0 Å². The summed E-state index contributed by atoms with van der Waals surface area (Å²) in [6.45, 7) is 4.29. The van der Waals surface area contributed by atoms with Gasteiger partial charge in [-0.1, -0.05) is 18.3 Å². The van der Waals surface area contributed by atoms with Gasteiger partial charge in [0, 0.05) is 12.2 Å². The Kier molecular flexibility index (Phi) is 7.14. The fourth-order valence-electron chi connectivity index (χ4n) is 1.62. The Bertz CT molecular complexity index is 432. The SMILES string of the molecule is CC(C)(O)C#Cc1ccc(OCCCCCCO)cc1. The Morgan fingerprint density at radius 3 is 2.30 bits per heavy atom. The molecule has 0 aliphatic carbocycles. The lowest BCUT2D eigenvalue weighted by Gasteiger charge is -2.07. The summed E-state index contributed by atoms with van der Waals surface area (Å²) in [6.07, 6.45) is 4.00. The first-order valence-electron chi connectivity index (χ1n) is 7.10. The summed E-state index contributed by atoms with van der Waals surface area (Å²) in [5.74, 6) is 6.53. The number of aliphatic hydroxyl groups is 2. The number of benzene rings is 1. The topological polar surface area (TPSA) is 49.7 Å². The van der Waals surface area contributed by atoms with E-state index in [9.17, 15) is 5.11 Å². The molecule has 0 aromatic heterocycles. The maximum Gasteiger partial charge on any atom is 0.120 e. The van der Waals surface area contributed by atoms with Crippen LogP contribution in [0.25, 0.3) is 0 Å². The van der Waals surface area contributed by atoms with Gasteiger partial charge < -0.3 is 14.9 Å². The van der Waals surface area contributed by atoms with E-state index in [1.54, 1.807) is 13.8 Å². The Morgan fingerprint density at radius 2 is 1.70 bits per heavy atom. The van der Waals surface area contributed by atoms with Crippen molar-refractivity contribution in [3.8, 4) is 17.6 Å². The van der Waals surface area contributed by atoms with Crippen molar-refractivity contribution < 1.29 is 14.9 Å². The van der Waals surface area contributed by atoms with Gasteiger partial charge in [0.05, 0.1) is 6.61 Å². The van der Waals surface area contributed by atoms with Crippen LogP contribution in [0.2, 0.25) is 0 Å². The molecular weight excluding hydrogens is 252 g/mol. The summed E-state index contributed by atoms with van der Waals surface area (Å²) >= 11 is 0. The van der Waals surface area contributed by atoms with E-state index in [1.165, 1.54) is 0 Å². The van der Waals surface area contributed by atoms with Gasteiger partial charge in [-0.2, -0.15) is 0 Å². The maximum absolute atomic E-state index is 9.52. The number of ether oxygens (including phenoxy) is 1. The summed E-state index contributed by atoms with van der Waals surface area (Å²) in [7, 11) is 0. The molecule has 3 heteroatoms. The first-order chi connectivity index (χ1) is 9.51. The van der Waals surface area contributed by atoms with E-state index in [0.717, 1.165) is 37.0 Å². The van der Waals surface area contributed by atoms with Crippen molar-refractivity contribution in [2.45, 2.75) is 45.1 Å². The highest BCUT2D eigenvalue weighted by Crippen LogP contribution is 2.13. The molecule has 20 heavy (non-hydrogen) atoms. The lowest BCUT2D eigenvalue weighted by Crippen LogP contribution is -2.14. The molecule has 2 N–H and O–H groups in total. The molecule has 0 unspecified atom stereocenters. The minimum absolute atomic E-state index is 0.272. The molecule has 1 rings (SSSR count). The zero-order valence-corrected chi connectivity index (χ0v) is 12.4. The lowest BCUT2D eigenvalue weighted by atomic mass is 10.1. The summed E-state index contributed by atoms with van der Waals surface area (Å²) in [6, 6.07) is 7.56. The molecule has 0 heterocycles. The molecule has 0 bridgehead atoms. The molecule has 3 nitrogen and oxygen atoms in total. The third-order valence-electron chi connectivity index (χ3n) is 2.69. The second-order valence-corrected chi connectivity index (χ2v) is 5.32. The van der Waals surface area contributed by atoms with Gasteiger partial charge in [-0.05, 0) is 57.4 Å². The smallest absolute Gasteiger partial charge is 0.120 e. The highest BCUT2D eigenvalue weighted by molar-refractivity contribution is 5.39. The molecule has 0 aliphatic heterocycles. The van der Waals surface area contributed by atoms with Crippen LogP contribution in [0.15, 0.2) is 24.3 Å². The molecule has 0 amide bonds. The zero-order chi connectivity index (χ0) is 14.8. The van der Waals surface area contributed by atoms with Gasteiger partial charge in [0.1, 0.15) is 11.4 Å². The average molecular weight is 276 g/mol. The van der Waals surface area contributed by atoms with E-state index in [-0.39, 0.29) is 6.61 Å². The Hall–Kier alpha value is -1.50. The molecule has 0 saturated carbocycles. The van der Waals surface area contributed by atoms with Crippen molar-refractivity contribution in [1.82, 2.24) is 0 Å². The van der Waals surface area contributed by atoms with E-state index >= 15 is 0 Å². The minimum atomic E-state index is -0.969. The van der Waals surface area contributed by atoms with Gasteiger partial charge in [0.15, 0.2) is 0 Å². The first-order valence-corrected chi connectivity index (χ1v) is 7.10.